The van der Waals surface area contributed by atoms with Crippen molar-refractivity contribution in [3.05, 3.63) is 12.7 Å². The molecule has 0 bridgehead atoms. The van der Waals surface area contributed by atoms with Gasteiger partial charge in [0, 0.05) is 14.1 Å². The van der Waals surface area contributed by atoms with Crippen LogP contribution in [-0.4, -0.2) is 44.2 Å². The highest BCUT2D eigenvalue weighted by molar-refractivity contribution is 5.85. The van der Waals surface area contributed by atoms with Gasteiger partial charge in [-0.15, -0.1) is 0 Å². The molecule has 0 atom stereocenters. The normalized spacial score (nSPS) is 10.6. The predicted molar refractivity (Wildman–Crippen MR) is 57.2 cm³/mol. The topological polar surface area (TPSA) is 84.1 Å². The molecule has 0 aliphatic carbocycles. The number of carbonyl (C=O) groups is 1. The molecule has 84 valence electrons. The molecule has 0 fully saturated rings. The van der Waals surface area contributed by atoms with Crippen LogP contribution < -0.4 is 4.90 Å². The Morgan fingerprint density at radius 3 is 2.94 bits per heavy atom. The van der Waals surface area contributed by atoms with Crippen LogP contribution >= 0.6 is 0 Å². The van der Waals surface area contributed by atoms with Gasteiger partial charge in [0.2, 0.25) is 0 Å². The van der Waals surface area contributed by atoms with Crippen LogP contribution in [0.25, 0.3) is 11.2 Å². The van der Waals surface area contributed by atoms with Gasteiger partial charge < -0.3 is 14.6 Å². The number of aryl methyl sites for hydroxylation is 1. The molecule has 0 unspecified atom stereocenters. The van der Waals surface area contributed by atoms with E-state index >= 15 is 0 Å². The maximum Gasteiger partial charge on any atom is 0.323 e. The SMILES string of the molecule is CN(CC(=O)O)c1ncnc2c1ncn2C. The Labute approximate surface area is 91.4 Å². The highest BCUT2D eigenvalue weighted by atomic mass is 16.4. The van der Waals surface area contributed by atoms with Crippen molar-refractivity contribution in [3.63, 3.8) is 0 Å². The number of fused-ring (bicyclic) bond motifs is 1. The number of aliphatic carboxylic acids is 1. The molecule has 7 heteroatoms. The smallest absolute Gasteiger partial charge is 0.323 e. The fraction of sp³-hybridized carbons (Fsp3) is 0.333. The second kappa shape index (κ2) is 3.76. The summed E-state index contributed by atoms with van der Waals surface area (Å²) in [5.41, 5.74) is 1.29. The van der Waals surface area contributed by atoms with E-state index in [2.05, 4.69) is 15.0 Å². The van der Waals surface area contributed by atoms with Gasteiger partial charge in [0.05, 0.1) is 6.33 Å². The highest BCUT2D eigenvalue weighted by Crippen LogP contribution is 2.19. The highest BCUT2D eigenvalue weighted by Gasteiger charge is 2.13. The minimum absolute atomic E-state index is 0.122. The standard InChI is InChI=1S/C9H11N5O2/c1-13(3-6(15)16)8-7-9(11-4-10-8)14(2)5-12-7/h4-5H,3H2,1-2H3,(H,15,16). The van der Waals surface area contributed by atoms with Crippen molar-refractivity contribution in [2.24, 2.45) is 7.05 Å². The van der Waals surface area contributed by atoms with Gasteiger partial charge in [-0.2, -0.15) is 0 Å². The lowest BCUT2D eigenvalue weighted by Gasteiger charge is -2.15. The van der Waals surface area contributed by atoms with Gasteiger partial charge in [-0.25, -0.2) is 15.0 Å². The minimum Gasteiger partial charge on any atom is -0.480 e. The summed E-state index contributed by atoms with van der Waals surface area (Å²) in [6, 6.07) is 0. The van der Waals surface area contributed by atoms with Crippen LogP contribution in [0.5, 0.6) is 0 Å². The number of aromatic nitrogens is 4. The van der Waals surface area contributed by atoms with E-state index in [9.17, 15) is 4.79 Å². The molecule has 7 nitrogen and oxygen atoms in total. The number of carboxylic acids is 1. The number of nitrogens with zero attached hydrogens (tertiary/aromatic N) is 5. The van der Waals surface area contributed by atoms with Crippen molar-refractivity contribution in [2.75, 3.05) is 18.5 Å². The first-order valence-electron chi connectivity index (χ1n) is 4.64. The number of imidazole rings is 1. The van der Waals surface area contributed by atoms with Crippen molar-refractivity contribution in [1.29, 1.82) is 0 Å². The molecule has 2 heterocycles. The fourth-order valence-corrected chi connectivity index (χ4v) is 1.49. The van der Waals surface area contributed by atoms with Gasteiger partial charge in [0.25, 0.3) is 0 Å². The van der Waals surface area contributed by atoms with E-state index in [0.29, 0.717) is 17.0 Å². The number of anilines is 1. The Kier molecular flexibility index (Phi) is 2.43. The van der Waals surface area contributed by atoms with Gasteiger partial charge in [-0.3, -0.25) is 4.79 Å². The van der Waals surface area contributed by atoms with Crippen LogP contribution in [0.3, 0.4) is 0 Å². The second-order valence-corrected chi connectivity index (χ2v) is 3.47. The maximum absolute atomic E-state index is 10.6. The van der Waals surface area contributed by atoms with Crippen molar-refractivity contribution < 1.29 is 9.90 Å². The van der Waals surface area contributed by atoms with Crippen molar-refractivity contribution >= 4 is 23.0 Å². The lowest BCUT2D eigenvalue weighted by molar-refractivity contribution is -0.135. The molecule has 0 saturated carbocycles. The van der Waals surface area contributed by atoms with Crippen LogP contribution in [0.4, 0.5) is 5.82 Å². The van der Waals surface area contributed by atoms with Crippen LogP contribution in [0, 0.1) is 0 Å². The van der Waals surface area contributed by atoms with Gasteiger partial charge in [0.15, 0.2) is 17.0 Å². The zero-order valence-corrected chi connectivity index (χ0v) is 8.95. The van der Waals surface area contributed by atoms with E-state index in [-0.39, 0.29) is 6.54 Å². The number of carboxylic acid groups (broad SMARTS) is 1. The molecule has 2 aromatic heterocycles. The zero-order chi connectivity index (χ0) is 11.7. The molecule has 0 amide bonds. The third-order valence-electron chi connectivity index (χ3n) is 2.21. The summed E-state index contributed by atoms with van der Waals surface area (Å²) < 4.78 is 1.76. The number of likely N-dealkylation sites (N-methyl/N-ethyl adjacent to an activating group) is 1. The first kappa shape index (κ1) is 10.3. The summed E-state index contributed by atoms with van der Waals surface area (Å²) >= 11 is 0. The van der Waals surface area contributed by atoms with Crippen LogP contribution in [0.2, 0.25) is 0 Å². The molecule has 16 heavy (non-hydrogen) atoms. The first-order valence-corrected chi connectivity index (χ1v) is 4.64. The van der Waals surface area contributed by atoms with Crippen molar-refractivity contribution in [1.82, 2.24) is 19.5 Å². The Hall–Kier alpha value is -2.18. The van der Waals surface area contributed by atoms with Gasteiger partial charge in [0.1, 0.15) is 12.9 Å². The van der Waals surface area contributed by atoms with E-state index in [4.69, 9.17) is 5.11 Å². The lowest BCUT2D eigenvalue weighted by atomic mass is 10.4. The number of rotatable bonds is 3. The summed E-state index contributed by atoms with van der Waals surface area (Å²) in [5, 5.41) is 8.71. The molecule has 1 N–H and O–H groups in total. The first-order chi connectivity index (χ1) is 7.59. The van der Waals surface area contributed by atoms with Crippen molar-refractivity contribution in [3.8, 4) is 0 Å². The quantitative estimate of drug-likeness (QED) is 0.778. The average Bonchev–Trinajstić information content (AvgIpc) is 2.59. The number of hydrogen-bond donors (Lipinski definition) is 1. The van der Waals surface area contributed by atoms with Crippen LogP contribution in [0.15, 0.2) is 12.7 Å². The van der Waals surface area contributed by atoms with E-state index in [1.807, 2.05) is 7.05 Å². The molecule has 0 spiro atoms. The Bertz CT molecular complexity index is 536. The molecule has 0 aliphatic rings. The summed E-state index contributed by atoms with van der Waals surface area (Å²) in [5.74, 6) is -0.391. The van der Waals surface area contributed by atoms with Gasteiger partial charge in [-0.05, 0) is 0 Å². The Morgan fingerprint density at radius 2 is 2.25 bits per heavy atom. The van der Waals surface area contributed by atoms with Crippen molar-refractivity contribution in [2.45, 2.75) is 0 Å². The Morgan fingerprint density at radius 1 is 1.50 bits per heavy atom. The molecular formula is C9H11N5O2. The van der Waals surface area contributed by atoms with Crippen LogP contribution in [-0.2, 0) is 11.8 Å². The average molecular weight is 221 g/mol. The molecule has 2 rings (SSSR count). The van der Waals surface area contributed by atoms with Crippen LogP contribution in [0.1, 0.15) is 0 Å². The predicted octanol–water partition coefficient (Wildman–Crippen LogP) is -0.116. The summed E-state index contributed by atoms with van der Waals surface area (Å²) in [7, 11) is 3.48. The third-order valence-corrected chi connectivity index (χ3v) is 2.21. The molecule has 0 radical (unpaired) electrons. The monoisotopic (exact) mass is 221 g/mol. The zero-order valence-electron chi connectivity index (χ0n) is 8.95. The number of hydrogen-bond acceptors (Lipinski definition) is 5. The molecular weight excluding hydrogens is 210 g/mol. The summed E-state index contributed by atoms with van der Waals surface area (Å²) in [6.07, 6.45) is 3.02. The largest absolute Gasteiger partial charge is 0.480 e. The molecule has 0 saturated heterocycles. The lowest BCUT2D eigenvalue weighted by Crippen LogP contribution is -2.26. The minimum atomic E-state index is -0.912. The summed E-state index contributed by atoms with van der Waals surface area (Å²) in [6.45, 7) is -0.122. The molecule has 2 aromatic rings. The third kappa shape index (κ3) is 1.67. The Balaban J connectivity index is 2.48. The van der Waals surface area contributed by atoms with Gasteiger partial charge >= 0.3 is 5.97 Å². The van der Waals surface area contributed by atoms with E-state index in [0.717, 1.165) is 0 Å². The molecule has 0 aliphatic heterocycles. The molecule has 0 aromatic carbocycles. The second-order valence-electron chi connectivity index (χ2n) is 3.47. The van der Waals surface area contributed by atoms with E-state index in [1.54, 1.807) is 17.9 Å². The van der Waals surface area contributed by atoms with Gasteiger partial charge in [-0.1, -0.05) is 0 Å². The van der Waals surface area contributed by atoms with E-state index < -0.39 is 5.97 Å². The fourth-order valence-electron chi connectivity index (χ4n) is 1.49. The maximum atomic E-state index is 10.6. The summed E-state index contributed by atoms with van der Waals surface area (Å²) in [4.78, 5) is 24.4. The van der Waals surface area contributed by atoms with E-state index in [1.165, 1.54) is 11.2 Å².